The normalized spacial score (nSPS) is 15.3. The molecule has 1 aliphatic heterocycles. The van der Waals surface area contributed by atoms with E-state index in [1.807, 2.05) is 0 Å². The summed E-state index contributed by atoms with van der Waals surface area (Å²) >= 11 is 6.09. The number of para-hydroxylation sites is 2. The summed E-state index contributed by atoms with van der Waals surface area (Å²) in [6.07, 6.45) is -1.09. The standard InChI is InChI=1S/C18H17ClN2O5/c1-24-14-8-15(25-2)12(7-10(14)19)20-17(22)9-16-18(23)21-11-5-3-4-6-13(11)26-16/h3-8,16H,9H2,1-2H3,(H,20,22)(H,21,23). The van der Waals surface area contributed by atoms with Gasteiger partial charge in [-0.05, 0) is 18.2 Å². The van der Waals surface area contributed by atoms with Crippen molar-refractivity contribution in [3.05, 3.63) is 41.4 Å². The van der Waals surface area contributed by atoms with Gasteiger partial charge in [-0.2, -0.15) is 0 Å². The molecule has 0 aromatic heterocycles. The number of rotatable bonds is 5. The molecule has 0 spiro atoms. The third-order valence-electron chi connectivity index (χ3n) is 3.83. The number of methoxy groups -OCH3 is 2. The van der Waals surface area contributed by atoms with E-state index >= 15 is 0 Å². The smallest absolute Gasteiger partial charge is 0.266 e. The quantitative estimate of drug-likeness (QED) is 0.837. The second-order valence-corrected chi connectivity index (χ2v) is 5.94. The summed E-state index contributed by atoms with van der Waals surface area (Å²) in [6.45, 7) is 0. The molecule has 0 saturated carbocycles. The molecule has 2 aromatic rings. The lowest BCUT2D eigenvalue weighted by molar-refractivity contribution is -0.128. The maximum atomic E-state index is 12.4. The van der Waals surface area contributed by atoms with Crippen LogP contribution in [0, 0.1) is 0 Å². The van der Waals surface area contributed by atoms with E-state index < -0.39 is 12.0 Å². The monoisotopic (exact) mass is 376 g/mol. The Bertz CT molecular complexity index is 855. The third-order valence-corrected chi connectivity index (χ3v) is 4.12. The lowest BCUT2D eigenvalue weighted by atomic mass is 10.1. The molecule has 0 bridgehead atoms. The van der Waals surface area contributed by atoms with E-state index in [0.717, 1.165) is 0 Å². The zero-order chi connectivity index (χ0) is 18.7. The van der Waals surface area contributed by atoms with Gasteiger partial charge in [0.25, 0.3) is 5.91 Å². The first-order chi connectivity index (χ1) is 12.5. The maximum absolute atomic E-state index is 12.4. The van der Waals surface area contributed by atoms with E-state index in [0.29, 0.717) is 33.6 Å². The molecule has 136 valence electrons. The fourth-order valence-electron chi connectivity index (χ4n) is 2.55. The molecule has 8 heteroatoms. The van der Waals surface area contributed by atoms with Crippen LogP contribution in [0.15, 0.2) is 36.4 Å². The lowest BCUT2D eigenvalue weighted by Crippen LogP contribution is -2.39. The number of fused-ring (bicyclic) bond motifs is 1. The highest BCUT2D eigenvalue weighted by molar-refractivity contribution is 6.32. The molecule has 1 aliphatic rings. The number of ether oxygens (including phenoxy) is 3. The minimum atomic E-state index is -0.926. The number of anilines is 2. The topological polar surface area (TPSA) is 85.9 Å². The van der Waals surface area contributed by atoms with E-state index in [4.69, 9.17) is 25.8 Å². The third kappa shape index (κ3) is 3.67. The van der Waals surface area contributed by atoms with Crippen molar-refractivity contribution in [1.29, 1.82) is 0 Å². The molecule has 3 rings (SSSR count). The fourth-order valence-corrected chi connectivity index (χ4v) is 2.80. The predicted molar refractivity (Wildman–Crippen MR) is 97.3 cm³/mol. The molecule has 2 amide bonds. The number of carbonyl (C=O) groups is 2. The van der Waals surface area contributed by atoms with E-state index in [-0.39, 0.29) is 12.3 Å². The van der Waals surface area contributed by atoms with Crippen molar-refractivity contribution in [3.8, 4) is 17.2 Å². The molecule has 7 nitrogen and oxygen atoms in total. The van der Waals surface area contributed by atoms with Gasteiger partial charge in [0.2, 0.25) is 5.91 Å². The van der Waals surface area contributed by atoms with Gasteiger partial charge in [0.05, 0.1) is 37.0 Å². The van der Waals surface area contributed by atoms with Crippen molar-refractivity contribution in [2.24, 2.45) is 0 Å². The van der Waals surface area contributed by atoms with Crippen LogP contribution in [0.5, 0.6) is 17.2 Å². The molecule has 0 fully saturated rings. The number of nitrogens with one attached hydrogen (secondary N) is 2. The zero-order valence-electron chi connectivity index (χ0n) is 14.2. The fraction of sp³-hybridized carbons (Fsp3) is 0.222. The predicted octanol–water partition coefficient (Wildman–Crippen LogP) is 3.09. The molecule has 0 aliphatic carbocycles. The SMILES string of the molecule is COc1cc(OC)c(NC(=O)CC2Oc3ccccc3NC2=O)cc1Cl. The van der Waals surface area contributed by atoms with Gasteiger partial charge >= 0.3 is 0 Å². The summed E-state index contributed by atoms with van der Waals surface area (Å²) in [5.74, 6) is 0.546. The molecule has 0 radical (unpaired) electrons. The number of amides is 2. The molecule has 1 unspecified atom stereocenters. The summed E-state index contributed by atoms with van der Waals surface area (Å²) in [6, 6.07) is 10.1. The first-order valence-corrected chi connectivity index (χ1v) is 8.17. The average molecular weight is 377 g/mol. The van der Waals surface area contributed by atoms with Crippen LogP contribution in [0.1, 0.15) is 6.42 Å². The van der Waals surface area contributed by atoms with Crippen molar-refractivity contribution in [2.75, 3.05) is 24.9 Å². The van der Waals surface area contributed by atoms with E-state index in [1.54, 1.807) is 30.3 Å². The highest BCUT2D eigenvalue weighted by Crippen LogP contribution is 2.36. The highest BCUT2D eigenvalue weighted by Gasteiger charge is 2.29. The summed E-state index contributed by atoms with van der Waals surface area (Å²) < 4.78 is 16.0. The van der Waals surface area contributed by atoms with Crippen LogP contribution in [0.3, 0.4) is 0 Å². The molecule has 2 N–H and O–H groups in total. The molecule has 2 aromatic carbocycles. The van der Waals surface area contributed by atoms with Gasteiger partial charge in [-0.3, -0.25) is 9.59 Å². The molecular weight excluding hydrogens is 360 g/mol. The van der Waals surface area contributed by atoms with Gasteiger partial charge in [-0.15, -0.1) is 0 Å². The summed E-state index contributed by atoms with van der Waals surface area (Å²) in [4.78, 5) is 24.5. The number of hydrogen-bond acceptors (Lipinski definition) is 5. The number of benzene rings is 2. The Morgan fingerprint density at radius 2 is 1.96 bits per heavy atom. The maximum Gasteiger partial charge on any atom is 0.266 e. The van der Waals surface area contributed by atoms with Crippen LogP contribution < -0.4 is 24.8 Å². The minimum absolute atomic E-state index is 0.160. The van der Waals surface area contributed by atoms with E-state index in [2.05, 4.69) is 10.6 Å². The van der Waals surface area contributed by atoms with Crippen molar-refractivity contribution >= 4 is 34.8 Å². The van der Waals surface area contributed by atoms with Crippen LogP contribution in [0.4, 0.5) is 11.4 Å². The zero-order valence-corrected chi connectivity index (χ0v) is 14.9. The number of hydrogen-bond donors (Lipinski definition) is 2. The van der Waals surface area contributed by atoms with Crippen LogP contribution in [0.2, 0.25) is 5.02 Å². The Morgan fingerprint density at radius 3 is 2.69 bits per heavy atom. The summed E-state index contributed by atoms with van der Waals surface area (Å²) in [5, 5.41) is 5.72. The summed E-state index contributed by atoms with van der Waals surface area (Å²) in [7, 11) is 2.95. The second-order valence-electron chi connectivity index (χ2n) is 5.53. The van der Waals surface area contributed by atoms with E-state index in [9.17, 15) is 9.59 Å². The Hall–Kier alpha value is -2.93. The molecule has 0 saturated heterocycles. The Morgan fingerprint density at radius 1 is 1.23 bits per heavy atom. The van der Waals surface area contributed by atoms with Crippen molar-refractivity contribution in [3.63, 3.8) is 0 Å². The van der Waals surface area contributed by atoms with Crippen LogP contribution in [-0.4, -0.2) is 32.1 Å². The molecule has 26 heavy (non-hydrogen) atoms. The van der Waals surface area contributed by atoms with Gasteiger partial charge in [-0.1, -0.05) is 23.7 Å². The van der Waals surface area contributed by atoms with Gasteiger partial charge < -0.3 is 24.8 Å². The minimum Gasteiger partial charge on any atom is -0.495 e. The molecule has 1 atom stereocenters. The highest BCUT2D eigenvalue weighted by atomic mass is 35.5. The Balaban J connectivity index is 1.72. The first kappa shape index (κ1) is 17.9. The van der Waals surface area contributed by atoms with Crippen molar-refractivity contribution < 1.29 is 23.8 Å². The van der Waals surface area contributed by atoms with Gasteiger partial charge in [0.15, 0.2) is 6.10 Å². The Kier molecular flexibility index (Phi) is 5.18. The van der Waals surface area contributed by atoms with Gasteiger partial charge in [0.1, 0.15) is 17.2 Å². The van der Waals surface area contributed by atoms with Crippen molar-refractivity contribution in [1.82, 2.24) is 0 Å². The first-order valence-electron chi connectivity index (χ1n) is 7.79. The van der Waals surface area contributed by atoms with Gasteiger partial charge in [-0.25, -0.2) is 0 Å². The van der Waals surface area contributed by atoms with Crippen LogP contribution in [0.25, 0.3) is 0 Å². The van der Waals surface area contributed by atoms with Crippen LogP contribution >= 0.6 is 11.6 Å². The lowest BCUT2D eigenvalue weighted by Gasteiger charge is -2.25. The second kappa shape index (κ2) is 7.53. The van der Waals surface area contributed by atoms with Crippen molar-refractivity contribution in [2.45, 2.75) is 12.5 Å². The van der Waals surface area contributed by atoms with Crippen LogP contribution in [-0.2, 0) is 9.59 Å². The largest absolute Gasteiger partial charge is 0.495 e. The average Bonchev–Trinajstić information content (AvgIpc) is 2.62. The molecular formula is C18H17ClN2O5. The number of halogens is 1. The molecule has 1 heterocycles. The van der Waals surface area contributed by atoms with Gasteiger partial charge in [0, 0.05) is 6.07 Å². The Labute approximate surface area is 155 Å². The summed E-state index contributed by atoms with van der Waals surface area (Å²) in [5.41, 5.74) is 0.956. The number of carbonyl (C=O) groups excluding carboxylic acids is 2. The van der Waals surface area contributed by atoms with E-state index in [1.165, 1.54) is 20.3 Å².